The van der Waals surface area contributed by atoms with Gasteiger partial charge in [-0.15, -0.1) is 10.2 Å². The summed E-state index contributed by atoms with van der Waals surface area (Å²) in [6.45, 7) is 1.83. The van der Waals surface area contributed by atoms with Crippen LogP contribution in [0.4, 0.5) is 11.4 Å². The minimum absolute atomic E-state index is 0.267. The first-order chi connectivity index (χ1) is 8.99. The lowest BCUT2D eigenvalue weighted by Gasteiger charge is -2.14. The Morgan fingerprint density at radius 2 is 2.16 bits per heavy atom. The fourth-order valence-corrected chi connectivity index (χ4v) is 1.81. The number of benzene rings is 1. The fraction of sp³-hybridized carbons (Fsp3) is 0.250. The summed E-state index contributed by atoms with van der Waals surface area (Å²) < 4.78 is 1.75. The third kappa shape index (κ3) is 2.65. The van der Waals surface area contributed by atoms with E-state index in [0.717, 1.165) is 0 Å². The molecular formula is C12H16N6O. The normalized spacial score (nSPS) is 12.1. The van der Waals surface area contributed by atoms with Crippen LogP contribution in [-0.2, 0) is 7.05 Å². The maximum absolute atomic E-state index is 12.1. The van der Waals surface area contributed by atoms with Gasteiger partial charge in [-0.3, -0.25) is 4.79 Å². The van der Waals surface area contributed by atoms with Crippen LogP contribution in [0.2, 0.25) is 0 Å². The van der Waals surface area contributed by atoms with Gasteiger partial charge < -0.3 is 21.4 Å². The lowest BCUT2D eigenvalue weighted by molar-refractivity contribution is 0.0938. The van der Waals surface area contributed by atoms with Crippen molar-refractivity contribution >= 4 is 17.3 Å². The molecule has 1 aromatic heterocycles. The molecule has 1 heterocycles. The molecule has 2 aromatic rings. The zero-order valence-corrected chi connectivity index (χ0v) is 10.8. The molecule has 5 N–H and O–H groups in total. The first kappa shape index (κ1) is 12.9. The molecule has 7 heteroatoms. The fourth-order valence-electron chi connectivity index (χ4n) is 1.81. The van der Waals surface area contributed by atoms with Crippen molar-refractivity contribution in [2.24, 2.45) is 7.05 Å². The summed E-state index contributed by atoms with van der Waals surface area (Å²) in [5.74, 6) is 0.398. The lowest BCUT2D eigenvalue weighted by atomic mass is 10.1. The second-order valence-electron chi connectivity index (χ2n) is 4.34. The highest BCUT2D eigenvalue weighted by atomic mass is 16.1. The summed E-state index contributed by atoms with van der Waals surface area (Å²) in [4.78, 5) is 12.1. The van der Waals surface area contributed by atoms with Crippen LogP contribution in [0, 0.1) is 0 Å². The SMILES string of the molecule is CC(NC(=O)c1ccc(N)cc1N)c1nncn1C. The van der Waals surface area contributed by atoms with Crippen molar-refractivity contribution in [2.75, 3.05) is 11.5 Å². The molecule has 0 radical (unpaired) electrons. The summed E-state index contributed by atoms with van der Waals surface area (Å²) in [5, 5.41) is 10.5. The number of nitrogen functional groups attached to an aromatic ring is 2. The van der Waals surface area contributed by atoms with Crippen LogP contribution >= 0.6 is 0 Å². The molecule has 0 fully saturated rings. The minimum atomic E-state index is -0.270. The van der Waals surface area contributed by atoms with E-state index in [4.69, 9.17) is 11.5 Å². The number of nitrogens with two attached hydrogens (primary N) is 2. The predicted octanol–water partition coefficient (Wildman–Crippen LogP) is 0.470. The van der Waals surface area contributed by atoms with E-state index in [0.29, 0.717) is 22.8 Å². The van der Waals surface area contributed by atoms with Gasteiger partial charge in [0.15, 0.2) is 5.82 Å². The smallest absolute Gasteiger partial charge is 0.253 e. The van der Waals surface area contributed by atoms with E-state index in [-0.39, 0.29) is 11.9 Å². The predicted molar refractivity (Wildman–Crippen MR) is 72.2 cm³/mol. The van der Waals surface area contributed by atoms with Gasteiger partial charge in [-0.05, 0) is 25.1 Å². The van der Waals surface area contributed by atoms with Crippen LogP contribution in [-0.4, -0.2) is 20.7 Å². The number of rotatable bonds is 3. The first-order valence-electron chi connectivity index (χ1n) is 5.79. The Bertz CT molecular complexity index is 606. The van der Waals surface area contributed by atoms with Gasteiger partial charge in [-0.1, -0.05) is 0 Å². The van der Waals surface area contributed by atoms with E-state index in [9.17, 15) is 4.79 Å². The van der Waals surface area contributed by atoms with Crippen LogP contribution in [0.15, 0.2) is 24.5 Å². The van der Waals surface area contributed by atoms with Crippen molar-refractivity contribution in [2.45, 2.75) is 13.0 Å². The van der Waals surface area contributed by atoms with Gasteiger partial charge in [-0.25, -0.2) is 0 Å². The van der Waals surface area contributed by atoms with Crippen molar-refractivity contribution in [1.82, 2.24) is 20.1 Å². The average molecular weight is 260 g/mol. The molecule has 0 saturated heterocycles. The number of hydrogen-bond donors (Lipinski definition) is 3. The molecular weight excluding hydrogens is 244 g/mol. The van der Waals surface area contributed by atoms with Crippen molar-refractivity contribution in [3.8, 4) is 0 Å². The van der Waals surface area contributed by atoms with E-state index in [2.05, 4.69) is 15.5 Å². The van der Waals surface area contributed by atoms with Crippen LogP contribution in [0.25, 0.3) is 0 Å². The van der Waals surface area contributed by atoms with Crippen molar-refractivity contribution < 1.29 is 4.79 Å². The second-order valence-corrected chi connectivity index (χ2v) is 4.34. The molecule has 19 heavy (non-hydrogen) atoms. The maximum atomic E-state index is 12.1. The molecule has 0 aliphatic rings. The highest BCUT2D eigenvalue weighted by Gasteiger charge is 2.16. The molecule has 100 valence electrons. The maximum Gasteiger partial charge on any atom is 0.253 e. The molecule has 1 unspecified atom stereocenters. The first-order valence-corrected chi connectivity index (χ1v) is 5.79. The number of hydrogen-bond acceptors (Lipinski definition) is 5. The minimum Gasteiger partial charge on any atom is -0.399 e. The molecule has 1 atom stereocenters. The van der Waals surface area contributed by atoms with Crippen LogP contribution in [0.3, 0.4) is 0 Å². The van der Waals surface area contributed by atoms with Gasteiger partial charge in [0, 0.05) is 18.4 Å². The zero-order chi connectivity index (χ0) is 14.0. The van der Waals surface area contributed by atoms with E-state index in [1.54, 1.807) is 29.1 Å². The Labute approximate surface area is 110 Å². The molecule has 0 aliphatic heterocycles. The number of aromatic nitrogens is 3. The zero-order valence-electron chi connectivity index (χ0n) is 10.8. The van der Waals surface area contributed by atoms with E-state index >= 15 is 0 Å². The van der Waals surface area contributed by atoms with Gasteiger partial charge in [0.2, 0.25) is 0 Å². The number of carbonyl (C=O) groups is 1. The summed E-state index contributed by atoms with van der Waals surface area (Å²) in [5.41, 5.74) is 12.6. The van der Waals surface area contributed by atoms with Crippen molar-refractivity contribution in [3.05, 3.63) is 35.9 Å². The lowest BCUT2D eigenvalue weighted by Crippen LogP contribution is -2.29. The largest absolute Gasteiger partial charge is 0.399 e. The second kappa shape index (κ2) is 4.97. The topological polar surface area (TPSA) is 112 Å². The molecule has 0 saturated carbocycles. The Balaban J connectivity index is 2.15. The van der Waals surface area contributed by atoms with Crippen LogP contribution in [0.5, 0.6) is 0 Å². The standard InChI is InChI=1S/C12H16N6O/c1-7(11-17-15-6-18(11)2)16-12(19)9-4-3-8(13)5-10(9)14/h3-7H,13-14H2,1-2H3,(H,16,19). The Hall–Kier alpha value is -2.57. The van der Waals surface area contributed by atoms with Crippen molar-refractivity contribution in [1.29, 1.82) is 0 Å². The van der Waals surface area contributed by atoms with E-state index < -0.39 is 0 Å². The highest BCUT2D eigenvalue weighted by molar-refractivity contribution is 5.99. The van der Waals surface area contributed by atoms with Gasteiger partial charge in [0.05, 0.1) is 11.6 Å². The van der Waals surface area contributed by atoms with Crippen molar-refractivity contribution in [3.63, 3.8) is 0 Å². The summed E-state index contributed by atoms with van der Waals surface area (Å²) in [6.07, 6.45) is 1.58. The molecule has 1 aromatic carbocycles. The average Bonchev–Trinajstić information content (AvgIpc) is 2.75. The number of amides is 1. The monoisotopic (exact) mass is 260 g/mol. The number of nitrogens with one attached hydrogen (secondary N) is 1. The summed E-state index contributed by atoms with van der Waals surface area (Å²) >= 11 is 0. The summed E-state index contributed by atoms with van der Waals surface area (Å²) in [6, 6.07) is 4.53. The number of nitrogens with zero attached hydrogens (tertiary/aromatic N) is 3. The van der Waals surface area contributed by atoms with Gasteiger partial charge in [0.25, 0.3) is 5.91 Å². The Morgan fingerprint density at radius 1 is 1.42 bits per heavy atom. The van der Waals surface area contributed by atoms with Gasteiger partial charge in [0.1, 0.15) is 6.33 Å². The third-order valence-corrected chi connectivity index (χ3v) is 2.80. The molecule has 7 nitrogen and oxygen atoms in total. The number of anilines is 2. The highest BCUT2D eigenvalue weighted by Crippen LogP contribution is 2.17. The van der Waals surface area contributed by atoms with Gasteiger partial charge >= 0.3 is 0 Å². The molecule has 0 bridgehead atoms. The van der Waals surface area contributed by atoms with Crippen LogP contribution < -0.4 is 16.8 Å². The number of aryl methyl sites for hydroxylation is 1. The third-order valence-electron chi connectivity index (χ3n) is 2.80. The molecule has 0 aliphatic carbocycles. The van der Waals surface area contributed by atoms with Crippen LogP contribution in [0.1, 0.15) is 29.1 Å². The quantitative estimate of drug-likeness (QED) is 0.694. The van der Waals surface area contributed by atoms with Gasteiger partial charge in [-0.2, -0.15) is 0 Å². The van der Waals surface area contributed by atoms with E-state index in [1.807, 2.05) is 14.0 Å². The summed E-state index contributed by atoms with van der Waals surface area (Å²) in [7, 11) is 1.82. The molecule has 2 rings (SSSR count). The number of carbonyl (C=O) groups excluding carboxylic acids is 1. The van der Waals surface area contributed by atoms with E-state index in [1.165, 1.54) is 0 Å². The Morgan fingerprint density at radius 3 is 2.74 bits per heavy atom. The Kier molecular flexibility index (Phi) is 3.37. The molecule has 0 spiro atoms. The molecule has 1 amide bonds.